The van der Waals surface area contributed by atoms with E-state index in [4.69, 9.17) is 0 Å². The summed E-state index contributed by atoms with van der Waals surface area (Å²) in [6, 6.07) is 0. The van der Waals surface area contributed by atoms with E-state index in [1.54, 1.807) is 0 Å². The van der Waals surface area contributed by atoms with Crippen LogP contribution < -0.4 is 0 Å². The average Bonchev–Trinajstić information content (AvgIpc) is 2.57. The Balaban J connectivity index is -0.0000000298. The van der Waals surface area contributed by atoms with Crippen molar-refractivity contribution >= 4 is 0 Å². The van der Waals surface area contributed by atoms with Crippen LogP contribution in [0.25, 0.3) is 0 Å². The lowest BCUT2D eigenvalue weighted by Gasteiger charge is -1.94. The summed E-state index contributed by atoms with van der Waals surface area (Å²) in [5.74, 6) is 2.38. The normalized spacial score (nSPS) is 5.59. The molecule has 3 nitrogen and oxygen atoms in total. The van der Waals surface area contributed by atoms with E-state index >= 15 is 0 Å². The van der Waals surface area contributed by atoms with Crippen molar-refractivity contribution in [2.45, 2.75) is 111 Å². The van der Waals surface area contributed by atoms with Crippen molar-refractivity contribution in [1.29, 1.82) is 0 Å². The second-order valence-corrected chi connectivity index (χ2v) is 1.98. The minimum Gasteiger partial charge on any atom is -0.219 e. The van der Waals surface area contributed by atoms with Crippen LogP contribution in [-0.4, -0.2) is 15.0 Å². The highest BCUT2D eigenvalue weighted by Crippen LogP contribution is 1.90. The first-order valence-corrected chi connectivity index (χ1v) is 8.84. The fourth-order valence-corrected chi connectivity index (χ4v) is 0.777. The summed E-state index contributed by atoms with van der Waals surface area (Å²) < 4.78 is 0. The number of aryl methyl sites for hydroxylation is 3. The van der Waals surface area contributed by atoms with Gasteiger partial charge in [-0.2, -0.15) is 0 Å². The summed E-state index contributed by atoms with van der Waals surface area (Å²) in [5.41, 5.74) is 0. The largest absolute Gasteiger partial charge is 0.219 e. The minimum atomic E-state index is 0. The Kier molecular flexibility index (Phi) is 116. The Morgan fingerprint density at radius 2 is 0.455 bits per heavy atom. The highest BCUT2D eigenvalue weighted by atomic mass is 15.0. The number of rotatable bonds is 0. The number of aromatic nitrogens is 3. The third-order valence-corrected chi connectivity index (χ3v) is 0.971. The van der Waals surface area contributed by atoms with Crippen molar-refractivity contribution < 1.29 is 0 Å². The maximum absolute atomic E-state index is 4.01. The Hall–Kier alpha value is -0.990. The summed E-state index contributed by atoms with van der Waals surface area (Å²) in [7, 11) is 0. The van der Waals surface area contributed by atoms with Gasteiger partial charge in [-0.3, -0.25) is 0 Å². The SMILES string of the molecule is C.CC.CC.CC.CC.CC.CC.Cc1nc(C)nc(C)n1. The van der Waals surface area contributed by atoms with Crippen LogP contribution in [-0.2, 0) is 0 Å². The topological polar surface area (TPSA) is 38.7 Å². The van der Waals surface area contributed by atoms with E-state index in [2.05, 4.69) is 15.0 Å². The smallest absolute Gasteiger partial charge is 0.129 e. The van der Waals surface area contributed by atoms with Gasteiger partial charge in [-0.05, 0) is 20.8 Å². The Labute approximate surface area is 144 Å². The third-order valence-electron chi connectivity index (χ3n) is 0.971. The molecule has 0 N–H and O–H groups in total. The molecule has 3 heteroatoms. The van der Waals surface area contributed by atoms with Crippen molar-refractivity contribution in [1.82, 2.24) is 15.0 Å². The van der Waals surface area contributed by atoms with Gasteiger partial charge in [0.25, 0.3) is 0 Å². The van der Waals surface area contributed by atoms with Crippen LogP contribution in [0.1, 0.15) is 108 Å². The molecule has 0 bridgehead atoms. The molecule has 0 amide bonds. The molecule has 0 aliphatic carbocycles. The summed E-state index contributed by atoms with van der Waals surface area (Å²) in [6.07, 6.45) is 0. The van der Waals surface area contributed by atoms with Gasteiger partial charge in [-0.1, -0.05) is 90.5 Å². The third kappa shape index (κ3) is 50.9. The summed E-state index contributed by atoms with van der Waals surface area (Å²) in [6.45, 7) is 29.6. The van der Waals surface area contributed by atoms with E-state index in [0.29, 0.717) is 0 Å². The van der Waals surface area contributed by atoms with Crippen LogP contribution >= 0.6 is 0 Å². The number of hydrogen-bond acceptors (Lipinski definition) is 3. The van der Waals surface area contributed by atoms with E-state index in [9.17, 15) is 0 Å². The van der Waals surface area contributed by atoms with E-state index in [1.165, 1.54) is 0 Å². The van der Waals surface area contributed by atoms with Crippen molar-refractivity contribution in [3.8, 4) is 0 Å². The molecule has 1 heterocycles. The molecule has 1 aromatic heterocycles. The van der Waals surface area contributed by atoms with Gasteiger partial charge < -0.3 is 0 Å². The van der Waals surface area contributed by atoms with Crippen LogP contribution in [0.2, 0.25) is 0 Å². The Bertz CT molecular complexity index is 173. The fourth-order valence-electron chi connectivity index (χ4n) is 0.777. The fraction of sp³-hybridized carbons (Fsp3) is 0.842. The number of nitrogens with zero attached hydrogens (tertiary/aromatic N) is 3. The van der Waals surface area contributed by atoms with Gasteiger partial charge >= 0.3 is 0 Å². The molecule has 0 aliphatic heterocycles. The monoisotopic (exact) mass is 319 g/mol. The summed E-state index contributed by atoms with van der Waals surface area (Å²) in [4.78, 5) is 12.0. The molecule has 1 aromatic rings. The molecule has 140 valence electrons. The number of hydrogen-bond donors (Lipinski definition) is 0. The van der Waals surface area contributed by atoms with Crippen LogP contribution in [0, 0.1) is 20.8 Å². The van der Waals surface area contributed by atoms with Gasteiger partial charge in [0.05, 0.1) is 0 Å². The zero-order valence-corrected chi connectivity index (χ0v) is 17.8. The first-order chi connectivity index (χ1) is 10.2. The highest BCUT2D eigenvalue weighted by Gasteiger charge is 1.91. The quantitative estimate of drug-likeness (QED) is 0.494. The zero-order valence-electron chi connectivity index (χ0n) is 17.8. The molecule has 22 heavy (non-hydrogen) atoms. The van der Waals surface area contributed by atoms with E-state index in [1.807, 2.05) is 104 Å². The first kappa shape index (κ1) is 42.9. The van der Waals surface area contributed by atoms with Crippen LogP contribution in [0.5, 0.6) is 0 Å². The van der Waals surface area contributed by atoms with Crippen molar-refractivity contribution in [3.63, 3.8) is 0 Å². The molecular formula is C19H49N3. The summed E-state index contributed by atoms with van der Waals surface area (Å²) >= 11 is 0. The predicted octanol–water partition coefficient (Wildman–Crippen LogP) is 7.59. The molecule has 0 spiro atoms. The second-order valence-electron chi connectivity index (χ2n) is 1.98. The lowest BCUT2D eigenvalue weighted by atomic mass is 10.6. The molecule has 0 aliphatic rings. The van der Waals surface area contributed by atoms with Crippen molar-refractivity contribution in [2.24, 2.45) is 0 Å². The molecule has 0 aromatic carbocycles. The molecule has 0 atom stereocenters. The standard InChI is InChI=1S/C6H9N3.6C2H6.CH4/c1-4-7-5(2)9-6(3)8-4;6*1-2;/h1-3H3;6*1-2H3;1H4. The van der Waals surface area contributed by atoms with Gasteiger partial charge in [0.2, 0.25) is 0 Å². The first-order valence-electron chi connectivity index (χ1n) is 8.84. The Morgan fingerprint density at radius 3 is 0.545 bits per heavy atom. The van der Waals surface area contributed by atoms with Crippen LogP contribution in [0.4, 0.5) is 0 Å². The summed E-state index contributed by atoms with van der Waals surface area (Å²) in [5, 5.41) is 0. The van der Waals surface area contributed by atoms with Crippen LogP contribution in [0.15, 0.2) is 0 Å². The van der Waals surface area contributed by atoms with Crippen LogP contribution in [0.3, 0.4) is 0 Å². The highest BCUT2D eigenvalue weighted by molar-refractivity contribution is 4.91. The minimum absolute atomic E-state index is 0. The van der Waals surface area contributed by atoms with Gasteiger partial charge in [-0.15, -0.1) is 0 Å². The second kappa shape index (κ2) is 59.7. The molecule has 0 saturated carbocycles. The molecule has 0 saturated heterocycles. The van der Waals surface area contributed by atoms with Gasteiger partial charge in [0.1, 0.15) is 17.5 Å². The van der Waals surface area contributed by atoms with Crippen molar-refractivity contribution in [2.75, 3.05) is 0 Å². The van der Waals surface area contributed by atoms with E-state index in [0.717, 1.165) is 17.5 Å². The maximum atomic E-state index is 4.01. The van der Waals surface area contributed by atoms with Crippen molar-refractivity contribution in [3.05, 3.63) is 17.5 Å². The van der Waals surface area contributed by atoms with Gasteiger partial charge in [0.15, 0.2) is 0 Å². The van der Waals surface area contributed by atoms with E-state index < -0.39 is 0 Å². The van der Waals surface area contributed by atoms with E-state index in [-0.39, 0.29) is 7.43 Å². The van der Waals surface area contributed by atoms with Gasteiger partial charge in [0, 0.05) is 0 Å². The average molecular weight is 320 g/mol. The lowest BCUT2D eigenvalue weighted by molar-refractivity contribution is 0.875. The maximum Gasteiger partial charge on any atom is 0.129 e. The molecule has 0 fully saturated rings. The molecule has 0 radical (unpaired) electrons. The molecule has 0 unspecified atom stereocenters. The predicted molar refractivity (Wildman–Crippen MR) is 109 cm³/mol. The lowest BCUT2D eigenvalue weighted by Crippen LogP contribution is -1.97. The molecule has 1 rings (SSSR count). The van der Waals surface area contributed by atoms with Gasteiger partial charge in [-0.25, -0.2) is 15.0 Å². The zero-order chi connectivity index (χ0) is 18.9. The molecular weight excluding hydrogens is 270 g/mol. The Morgan fingerprint density at radius 1 is 0.364 bits per heavy atom.